The predicted molar refractivity (Wildman–Crippen MR) is 106 cm³/mol. The number of hydrogen-bond acceptors (Lipinski definition) is 2. The van der Waals surface area contributed by atoms with Gasteiger partial charge in [0.15, 0.2) is 11.6 Å². The highest BCUT2D eigenvalue weighted by molar-refractivity contribution is 6.34. The Balaban J connectivity index is 1.92. The second-order valence-electron chi connectivity index (χ2n) is 7.35. The van der Waals surface area contributed by atoms with Gasteiger partial charge in [-0.05, 0) is 31.0 Å². The summed E-state index contributed by atoms with van der Waals surface area (Å²) in [5.41, 5.74) is 0.935. The van der Waals surface area contributed by atoms with Gasteiger partial charge in [0.05, 0.1) is 5.02 Å². The van der Waals surface area contributed by atoms with Crippen molar-refractivity contribution in [1.82, 2.24) is 0 Å². The Hall–Kier alpha value is -2.73. The number of benzene rings is 3. The smallest absolute Gasteiger partial charge is 0.387 e. The third-order valence-corrected chi connectivity index (χ3v) is 5.67. The Morgan fingerprint density at radius 2 is 1.77 bits per heavy atom. The second-order valence-corrected chi connectivity index (χ2v) is 7.73. The van der Waals surface area contributed by atoms with Crippen LogP contribution in [0.25, 0.3) is 11.1 Å². The quantitative estimate of drug-likeness (QED) is 0.408. The number of fused-ring (bicyclic) bond motifs is 1. The Morgan fingerprint density at radius 3 is 2.43 bits per heavy atom. The largest absolute Gasteiger partial charge is 0.482 e. The molecule has 0 spiro atoms. The van der Waals surface area contributed by atoms with Crippen LogP contribution in [0.3, 0.4) is 0 Å². The van der Waals surface area contributed by atoms with E-state index in [-0.39, 0.29) is 21.9 Å². The first-order valence-corrected chi connectivity index (χ1v) is 9.59. The van der Waals surface area contributed by atoms with Crippen molar-refractivity contribution in [3.8, 4) is 22.6 Å². The molecule has 0 N–H and O–H groups in total. The van der Waals surface area contributed by atoms with Crippen LogP contribution in [0.5, 0.6) is 11.5 Å². The van der Waals surface area contributed by atoms with E-state index in [2.05, 4.69) is 4.74 Å². The first-order valence-electron chi connectivity index (χ1n) is 9.21. The lowest BCUT2D eigenvalue weighted by Gasteiger charge is -2.24. The number of alkyl halides is 2. The molecular weight excluding hydrogens is 420 g/mol. The molecule has 1 aliphatic rings. The summed E-state index contributed by atoms with van der Waals surface area (Å²) in [5.74, 6) is -2.22. The van der Waals surface area contributed by atoms with E-state index in [1.54, 1.807) is 6.92 Å². The second kappa shape index (κ2) is 7.51. The van der Waals surface area contributed by atoms with Crippen LogP contribution in [0.4, 0.5) is 17.6 Å². The van der Waals surface area contributed by atoms with Gasteiger partial charge in [0.1, 0.15) is 17.2 Å². The number of hydrogen-bond donors (Lipinski definition) is 0. The third-order valence-electron chi connectivity index (χ3n) is 5.30. The summed E-state index contributed by atoms with van der Waals surface area (Å²) < 4.78 is 65.6. The van der Waals surface area contributed by atoms with Gasteiger partial charge < -0.3 is 9.47 Å². The van der Waals surface area contributed by atoms with Gasteiger partial charge in [-0.25, -0.2) is 8.78 Å². The minimum atomic E-state index is -3.20. The van der Waals surface area contributed by atoms with Crippen LogP contribution in [0.1, 0.15) is 23.6 Å². The fourth-order valence-corrected chi connectivity index (χ4v) is 4.15. The van der Waals surface area contributed by atoms with E-state index in [4.69, 9.17) is 16.3 Å². The molecule has 0 saturated carbocycles. The molecule has 0 saturated heterocycles. The highest BCUT2D eigenvalue weighted by atomic mass is 35.5. The van der Waals surface area contributed by atoms with E-state index < -0.39 is 29.6 Å². The average molecular weight is 437 g/mol. The van der Waals surface area contributed by atoms with Gasteiger partial charge in [0.2, 0.25) is 0 Å². The van der Waals surface area contributed by atoms with Crippen LogP contribution in [0.2, 0.25) is 5.02 Å². The summed E-state index contributed by atoms with van der Waals surface area (Å²) in [6, 6.07) is 13.0. The van der Waals surface area contributed by atoms with Gasteiger partial charge in [-0.3, -0.25) is 0 Å². The van der Waals surface area contributed by atoms with Crippen molar-refractivity contribution in [2.75, 3.05) is 0 Å². The van der Waals surface area contributed by atoms with Crippen LogP contribution in [0, 0.1) is 18.6 Å². The van der Waals surface area contributed by atoms with E-state index in [0.717, 1.165) is 11.6 Å². The fraction of sp³-hybridized carbons (Fsp3) is 0.217. The van der Waals surface area contributed by atoms with Crippen molar-refractivity contribution in [2.24, 2.45) is 0 Å². The van der Waals surface area contributed by atoms with Gasteiger partial charge >= 0.3 is 6.61 Å². The van der Waals surface area contributed by atoms with Gasteiger partial charge in [-0.2, -0.15) is 8.78 Å². The fourth-order valence-electron chi connectivity index (χ4n) is 3.88. The van der Waals surface area contributed by atoms with Crippen LogP contribution in [0.15, 0.2) is 48.5 Å². The Labute approximate surface area is 176 Å². The molecule has 3 aromatic carbocycles. The molecule has 0 aromatic heterocycles. The summed E-state index contributed by atoms with van der Waals surface area (Å²) in [7, 11) is 0. The molecule has 4 rings (SSSR count). The third kappa shape index (κ3) is 3.39. The van der Waals surface area contributed by atoms with Gasteiger partial charge in [0.25, 0.3) is 0 Å². The van der Waals surface area contributed by atoms with E-state index in [1.165, 1.54) is 12.1 Å². The molecule has 0 unspecified atom stereocenters. The summed E-state index contributed by atoms with van der Waals surface area (Å²) in [4.78, 5) is 0. The molecule has 30 heavy (non-hydrogen) atoms. The topological polar surface area (TPSA) is 18.5 Å². The number of rotatable bonds is 4. The highest BCUT2D eigenvalue weighted by Gasteiger charge is 2.40. The first kappa shape index (κ1) is 20.5. The molecule has 156 valence electrons. The standard InChI is InChI=1S/C23H17ClF4O2/c1-12-8-9-16(29-22(27)28)21(26)18(12)19-14-11-23(2,13-6-4-3-5-7-13)30-17(14)10-15(25)20(19)24/h3-10,22H,11H2,1-2H3/t23-/m0/s1. The van der Waals surface area contributed by atoms with Gasteiger partial charge in [0, 0.05) is 29.2 Å². The molecule has 7 heteroatoms. The molecular formula is C23H17ClF4O2. The summed E-state index contributed by atoms with van der Waals surface area (Å²) in [6.45, 7) is 0.232. The molecule has 1 atom stereocenters. The summed E-state index contributed by atoms with van der Waals surface area (Å²) in [6.07, 6.45) is 0.292. The molecule has 0 amide bonds. The molecule has 1 heterocycles. The highest BCUT2D eigenvalue weighted by Crippen LogP contribution is 2.50. The van der Waals surface area contributed by atoms with Crippen LogP contribution >= 0.6 is 11.6 Å². The molecule has 0 radical (unpaired) electrons. The number of halogens is 5. The minimum Gasteiger partial charge on any atom is -0.482 e. The lowest BCUT2D eigenvalue weighted by molar-refractivity contribution is -0.0521. The Kier molecular flexibility index (Phi) is 5.14. The van der Waals surface area contributed by atoms with Crippen molar-refractivity contribution < 1.29 is 27.0 Å². The monoisotopic (exact) mass is 436 g/mol. The number of aryl methyl sites for hydroxylation is 1. The maximum Gasteiger partial charge on any atom is 0.387 e. The molecule has 0 aliphatic carbocycles. The molecule has 3 aromatic rings. The van der Waals surface area contributed by atoms with E-state index in [1.807, 2.05) is 37.3 Å². The maximum absolute atomic E-state index is 15.2. The average Bonchev–Trinajstić information content (AvgIpc) is 3.04. The van der Waals surface area contributed by atoms with Gasteiger partial charge in [-0.1, -0.05) is 48.0 Å². The molecule has 2 nitrogen and oxygen atoms in total. The van der Waals surface area contributed by atoms with Crippen molar-refractivity contribution in [1.29, 1.82) is 0 Å². The van der Waals surface area contributed by atoms with Gasteiger partial charge in [-0.15, -0.1) is 0 Å². The summed E-state index contributed by atoms with van der Waals surface area (Å²) in [5, 5.41) is -0.300. The predicted octanol–water partition coefficient (Wildman–Crippen LogP) is 7.05. The SMILES string of the molecule is Cc1ccc(OC(F)F)c(F)c1-c1c(Cl)c(F)cc2c1C[C@@](C)(c1ccccc1)O2. The van der Waals surface area contributed by atoms with Crippen LogP contribution in [-0.2, 0) is 12.0 Å². The zero-order valence-corrected chi connectivity index (χ0v) is 16.9. The maximum atomic E-state index is 15.2. The minimum absolute atomic E-state index is 0.0843. The normalized spacial score (nSPS) is 17.7. The number of ether oxygens (including phenoxy) is 2. The van der Waals surface area contributed by atoms with Crippen molar-refractivity contribution in [2.45, 2.75) is 32.5 Å². The Bertz CT molecular complexity index is 1120. The lowest BCUT2D eigenvalue weighted by Crippen LogP contribution is -2.26. The van der Waals surface area contributed by atoms with Crippen molar-refractivity contribution >= 4 is 11.6 Å². The first-order chi connectivity index (χ1) is 14.2. The van der Waals surface area contributed by atoms with E-state index in [0.29, 0.717) is 17.5 Å². The van der Waals surface area contributed by atoms with Crippen molar-refractivity contribution in [3.63, 3.8) is 0 Å². The van der Waals surface area contributed by atoms with E-state index >= 15 is 4.39 Å². The lowest BCUT2D eigenvalue weighted by atomic mass is 9.87. The van der Waals surface area contributed by atoms with Crippen LogP contribution < -0.4 is 9.47 Å². The Morgan fingerprint density at radius 1 is 1.07 bits per heavy atom. The molecule has 1 aliphatic heterocycles. The van der Waals surface area contributed by atoms with Crippen molar-refractivity contribution in [3.05, 3.63) is 81.9 Å². The zero-order chi connectivity index (χ0) is 21.6. The van der Waals surface area contributed by atoms with Crippen LogP contribution in [-0.4, -0.2) is 6.61 Å². The van der Waals surface area contributed by atoms with E-state index in [9.17, 15) is 13.2 Å². The summed E-state index contributed by atoms with van der Waals surface area (Å²) >= 11 is 6.27. The molecule has 0 fully saturated rings. The zero-order valence-electron chi connectivity index (χ0n) is 16.1. The molecule has 0 bridgehead atoms.